The Kier molecular flexibility index (Phi) is 5.84. The molecule has 0 N–H and O–H groups in total. The van der Waals surface area contributed by atoms with Gasteiger partial charge in [0.05, 0.1) is 0 Å². The summed E-state index contributed by atoms with van der Waals surface area (Å²) in [5, 5.41) is 5.35. The molecule has 0 nitrogen and oxygen atoms in total. The van der Waals surface area contributed by atoms with Gasteiger partial charge in [-0.05, 0) is 123 Å². The molecule has 1 unspecified atom stereocenters. The second-order valence-corrected chi connectivity index (χ2v) is 10.6. The van der Waals surface area contributed by atoms with Gasteiger partial charge in [-0.3, -0.25) is 0 Å². The first-order chi connectivity index (χ1) is 18.0. The van der Waals surface area contributed by atoms with Gasteiger partial charge in [0.15, 0.2) is 0 Å². The molecule has 37 heavy (non-hydrogen) atoms. The van der Waals surface area contributed by atoms with Crippen LogP contribution >= 0.6 is 0 Å². The first-order valence-electron chi connectivity index (χ1n) is 13.5. The molecule has 0 saturated heterocycles. The van der Waals surface area contributed by atoms with Crippen LogP contribution in [0.4, 0.5) is 0 Å². The Morgan fingerprint density at radius 2 is 1.46 bits per heavy atom. The van der Waals surface area contributed by atoms with E-state index in [1.807, 2.05) is 0 Å². The summed E-state index contributed by atoms with van der Waals surface area (Å²) in [5.74, 6) is 0.501. The maximum atomic E-state index is 2.43. The molecule has 6 rings (SSSR count). The second-order valence-electron chi connectivity index (χ2n) is 10.6. The van der Waals surface area contributed by atoms with E-state index in [-0.39, 0.29) is 0 Å². The van der Waals surface area contributed by atoms with Crippen LogP contribution in [0.2, 0.25) is 0 Å². The number of allylic oxidation sites excluding steroid dienone is 2. The lowest BCUT2D eigenvalue weighted by atomic mass is 9.77. The van der Waals surface area contributed by atoms with Crippen molar-refractivity contribution < 1.29 is 0 Å². The normalized spacial score (nSPS) is 15.1. The molecule has 0 aromatic heterocycles. The van der Waals surface area contributed by atoms with E-state index in [2.05, 4.69) is 132 Å². The Labute approximate surface area is 221 Å². The molecule has 0 radical (unpaired) electrons. The van der Waals surface area contributed by atoms with Crippen LogP contribution in [0.25, 0.3) is 56.0 Å². The number of hydrogen-bond donors (Lipinski definition) is 0. The average molecular weight is 479 g/mol. The maximum Gasteiger partial charge on any atom is -0.00297 e. The Bertz CT molecular complexity index is 1740. The summed E-state index contributed by atoms with van der Waals surface area (Å²) in [7, 11) is 0. The van der Waals surface area contributed by atoms with Crippen LogP contribution in [0.5, 0.6) is 0 Å². The summed E-state index contributed by atoms with van der Waals surface area (Å²) >= 11 is 0. The van der Waals surface area contributed by atoms with E-state index in [0.717, 1.165) is 6.42 Å². The molecular formula is C37H34. The lowest BCUT2D eigenvalue weighted by Gasteiger charge is -2.26. The van der Waals surface area contributed by atoms with Crippen molar-refractivity contribution in [2.24, 2.45) is 0 Å². The van der Waals surface area contributed by atoms with Crippen LogP contribution < -0.4 is 0 Å². The summed E-state index contributed by atoms with van der Waals surface area (Å²) in [6, 6.07) is 27.3. The van der Waals surface area contributed by atoms with Crippen LogP contribution in [0.1, 0.15) is 59.6 Å². The molecule has 1 aliphatic carbocycles. The van der Waals surface area contributed by atoms with Gasteiger partial charge in [-0.25, -0.2) is 0 Å². The van der Waals surface area contributed by atoms with Crippen LogP contribution in [0.3, 0.4) is 0 Å². The molecule has 0 fully saturated rings. The van der Waals surface area contributed by atoms with Crippen molar-refractivity contribution in [1.29, 1.82) is 0 Å². The van der Waals surface area contributed by atoms with E-state index in [1.165, 1.54) is 77.2 Å². The maximum absolute atomic E-state index is 2.43. The van der Waals surface area contributed by atoms with Gasteiger partial charge in [0.2, 0.25) is 0 Å². The molecule has 0 spiro atoms. The van der Waals surface area contributed by atoms with Gasteiger partial charge in [-0.1, -0.05) is 98.0 Å². The summed E-state index contributed by atoms with van der Waals surface area (Å²) < 4.78 is 0. The predicted octanol–water partition coefficient (Wildman–Crippen LogP) is 10.8. The highest BCUT2D eigenvalue weighted by molar-refractivity contribution is 6.12. The number of hydrogen-bond acceptors (Lipinski definition) is 0. The zero-order chi connectivity index (χ0) is 25.7. The standard InChI is InChI=1S/C37H34/c1-6-12-29-26(5)36(31-16-9-10-17-32(31)37(29)28-20-19-23(2)25(4)21-28)34-22-27-14-7-8-15-30(27)35-24(3)13-11-18-33(34)35/h6-12,14-22,24H,13H2,1-5H3/b12-6-. The van der Waals surface area contributed by atoms with Crippen LogP contribution in [-0.2, 0) is 0 Å². The van der Waals surface area contributed by atoms with Crippen LogP contribution in [-0.4, -0.2) is 0 Å². The van der Waals surface area contributed by atoms with Crippen molar-refractivity contribution >= 4 is 33.7 Å². The van der Waals surface area contributed by atoms with Crippen molar-refractivity contribution in [2.45, 2.75) is 47.0 Å². The molecule has 1 aliphatic rings. The van der Waals surface area contributed by atoms with Crippen molar-refractivity contribution in [3.05, 3.63) is 118 Å². The molecule has 0 aliphatic heterocycles. The quantitative estimate of drug-likeness (QED) is 0.242. The fourth-order valence-electron chi connectivity index (χ4n) is 6.34. The zero-order valence-electron chi connectivity index (χ0n) is 22.5. The Hall–Kier alpha value is -3.90. The van der Waals surface area contributed by atoms with Crippen LogP contribution in [0, 0.1) is 20.8 Å². The van der Waals surface area contributed by atoms with Gasteiger partial charge in [-0.2, -0.15) is 0 Å². The summed E-state index contributed by atoms with van der Waals surface area (Å²) in [6.07, 6.45) is 10.3. The molecule has 0 amide bonds. The third-order valence-corrected chi connectivity index (χ3v) is 8.31. The first-order valence-corrected chi connectivity index (χ1v) is 13.5. The van der Waals surface area contributed by atoms with E-state index >= 15 is 0 Å². The highest BCUT2D eigenvalue weighted by Gasteiger charge is 2.24. The van der Waals surface area contributed by atoms with Gasteiger partial charge < -0.3 is 0 Å². The van der Waals surface area contributed by atoms with Gasteiger partial charge in [0.25, 0.3) is 0 Å². The number of aryl methyl sites for hydroxylation is 2. The fraction of sp³-hybridized carbons (Fsp3) is 0.189. The lowest BCUT2D eigenvalue weighted by Crippen LogP contribution is -2.05. The minimum absolute atomic E-state index is 0.501. The van der Waals surface area contributed by atoms with E-state index in [9.17, 15) is 0 Å². The first kappa shape index (κ1) is 23.5. The van der Waals surface area contributed by atoms with E-state index in [4.69, 9.17) is 0 Å². The Morgan fingerprint density at radius 3 is 2.19 bits per heavy atom. The second kappa shape index (κ2) is 9.20. The van der Waals surface area contributed by atoms with Crippen molar-refractivity contribution in [3.8, 4) is 22.3 Å². The summed E-state index contributed by atoms with van der Waals surface area (Å²) in [4.78, 5) is 0. The highest BCUT2D eigenvalue weighted by atomic mass is 14.3. The monoisotopic (exact) mass is 478 g/mol. The Balaban J connectivity index is 1.78. The van der Waals surface area contributed by atoms with Crippen molar-refractivity contribution in [1.82, 2.24) is 0 Å². The summed E-state index contributed by atoms with van der Waals surface area (Å²) in [6.45, 7) is 11.2. The fourth-order valence-corrected chi connectivity index (χ4v) is 6.34. The largest absolute Gasteiger partial charge is 0.0870 e. The molecule has 0 bridgehead atoms. The number of benzene rings is 5. The third-order valence-electron chi connectivity index (χ3n) is 8.31. The molecular weight excluding hydrogens is 444 g/mol. The van der Waals surface area contributed by atoms with Gasteiger partial charge >= 0.3 is 0 Å². The molecule has 0 heterocycles. The van der Waals surface area contributed by atoms with E-state index < -0.39 is 0 Å². The molecule has 5 aromatic carbocycles. The highest BCUT2D eigenvalue weighted by Crippen LogP contribution is 2.47. The van der Waals surface area contributed by atoms with E-state index in [1.54, 1.807) is 0 Å². The zero-order valence-corrected chi connectivity index (χ0v) is 22.5. The Morgan fingerprint density at radius 1 is 0.757 bits per heavy atom. The van der Waals surface area contributed by atoms with Gasteiger partial charge in [0, 0.05) is 0 Å². The topological polar surface area (TPSA) is 0 Å². The molecule has 5 aromatic rings. The number of fused-ring (bicyclic) bond motifs is 4. The van der Waals surface area contributed by atoms with Gasteiger partial charge in [0.1, 0.15) is 0 Å². The number of rotatable bonds is 3. The van der Waals surface area contributed by atoms with Crippen molar-refractivity contribution in [2.75, 3.05) is 0 Å². The SMILES string of the molecule is C/C=C\c1c(C)c(-c2cc3ccccc3c3c2C=CCC3C)c2ccccc2c1-c1ccc(C)c(C)c1. The minimum Gasteiger partial charge on any atom is -0.0870 e. The summed E-state index contributed by atoms with van der Waals surface area (Å²) in [5.41, 5.74) is 13.5. The van der Waals surface area contributed by atoms with E-state index in [0.29, 0.717) is 5.92 Å². The molecule has 0 heteroatoms. The third kappa shape index (κ3) is 3.75. The predicted molar refractivity (Wildman–Crippen MR) is 163 cm³/mol. The van der Waals surface area contributed by atoms with Gasteiger partial charge in [-0.15, -0.1) is 0 Å². The smallest absolute Gasteiger partial charge is 0.00297 e. The van der Waals surface area contributed by atoms with Crippen molar-refractivity contribution in [3.63, 3.8) is 0 Å². The lowest BCUT2D eigenvalue weighted by molar-refractivity contribution is 0.779. The van der Waals surface area contributed by atoms with Crippen LogP contribution in [0.15, 0.2) is 84.9 Å². The molecule has 1 atom stereocenters. The molecule has 0 saturated carbocycles. The molecule has 182 valence electrons. The average Bonchev–Trinajstić information content (AvgIpc) is 2.91. The minimum atomic E-state index is 0.501.